The van der Waals surface area contributed by atoms with Crippen LogP contribution in [0.2, 0.25) is 0 Å². The number of hydrogen-bond donors (Lipinski definition) is 2. The van der Waals surface area contributed by atoms with E-state index in [1.807, 2.05) is 27.7 Å². The largest absolute Gasteiger partial charge is 0.467 e. The predicted octanol–water partition coefficient (Wildman–Crippen LogP) is 1.08. The van der Waals surface area contributed by atoms with Crippen LogP contribution >= 0.6 is 0 Å². The maximum atomic E-state index is 11.7. The molecule has 0 saturated heterocycles. The van der Waals surface area contributed by atoms with Gasteiger partial charge in [-0.3, -0.25) is 4.79 Å². The predicted molar refractivity (Wildman–Crippen MR) is 71.2 cm³/mol. The van der Waals surface area contributed by atoms with Crippen molar-refractivity contribution in [1.29, 1.82) is 0 Å². The van der Waals surface area contributed by atoms with E-state index in [4.69, 9.17) is 4.74 Å². The smallest absolute Gasteiger partial charge is 0.328 e. The number of carbonyl (C=O) groups excluding carboxylic acids is 2. The SMILES string of the molecule is CCC(C)C(NC(=O)CCNC(C)C)C(=O)OC. The Morgan fingerprint density at radius 1 is 1.22 bits per heavy atom. The number of esters is 1. The van der Waals surface area contributed by atoms with Crippen LogP contribution in [0.15, 0.2) is 0 Å². The van der Waals surface area contributed by atoms with Crippen molar-refractivity contribution in [3.05, 3.63) is 0 Å². The maximum absolute atomic E-state index is 11.7. The Bertz CT molecular complexity index is 267. The molecule has 0 radical (unpaired) electrons. The lowest BCUT2D eigenvalue weighted by molar-refractivity contribution is -0.146. The molecule has 0 spiro atoms. The van der Waals surface area contributed by atoms with E-state index < -0.39 is 6.04 Å². The maximum Gasteiger partial charge on any atom is 0.328 e. The Kier molecular flexibility index (Phi) is 8.37. The summed E-state index contributed by atoms with van der Waals surface area (Å²) < 4.78 is 4.71. The third-order valence-electron chi connectivity index (χ3n) is 2.89. The van der Waals surface area contributed by atoms with E-state index in [1.165, 1.54) is 7.11 Å². The molecule has 0 saturated carbocycles. The zero-order valence-electron chi connectivity index (χ0n) is 12.1. The zero-order chi connectivity index (χ0) is 14.1. The molecule has 0 aromatic heterocycles. The van der Waals surface area contributed by atoms with Crippen LogP contribution in [0.1, 0.15) is 40.5 Å². The van der Waals surface area contributed by atoms with Crippen LogP contribution < -0.4 is 10.6 Å². The molecule has 2 atom stereocenters. The standard InChI is InChI=1S/C13H26N2O3/c1-6-10(4)12(13(17)18-5)15-11(16)7-8-14-9(2)3/h9-10,12,14H,6-8H2,1-5H3,(H,15,16). The van der Waals surface area contributed by atoms with Crippen LogP contribution in [0.25, 0.3) is 0 Å². The molecular weight excluding hydrogens is 232 g/mol. The molecule has 0 aliphatic heterocycles. The van der Waals surface area contributed by atoms with Gasteiger partial charge in [0.1, 0.15) is 6.04 Å². The highest BCUT2D eigenvalue weighted by Gasteiger charge is 2.26. The molecule has 0 bridgehead atoms. The molecule has 106 valence electrons. The lowest BCUT2D eigenvalue weighted by atomic mass is 9.99. The van der Waals surface area contributed by atoms with E-state index in [9.17, 15) is 9.59 Å². The van der Waals surface area contributed by atoms with E-state index >= 15 is 0 Å². The molecule has 2 N–H and O–H groups in total. The van der Waals surface area contributed by atoms with Gasteiger partial charge >= 0.3 is 5.97 Å². The fraction of sp³-hybridized carbons (Fsp3) is 0.846. The summed E-state index contributed by atoms with van der Waals surface area (Å²) in [5.74, 6) is -0.437. The van der Waals surface area contributed by atoms with Crippen molar-refractivity contribution in [2.24, 2.45) is 5.92 Å². The lowest BCUT2D eigenvalue weighted by Crippen LogP contribution is -2.46. The number of amides is 1. The average Bonchev–Trinajstić information content (AvgIpc) is 2.33. The molecular formula is C13H26N2O3. The third kappa shape index (κ3) is 6.59. The molecule has 1 amide bonds. The lowest BCUT2D eigenvalue weighted by Gasteiger charge is -2.22. The second kappa shape index (κ2) is 8.91. The van der Waals surface area contributed by atoms with Gasteiger partial charge in [0.25, 0.3) is 0 Å². The molecule has 0 aromatic carbocycles. The second-order valence-electron chi connectivity index (χ2n) is 4.81. The highest BCUT2D eigenvalue weighted by molar-refractivity contribution is 5.84. The monoisotopic (exact) mass is 258 g/mol. The van der Waals surface area contributed by atoms with E-state index in [0.717, 1.165) is 6.42 Å². The van der Waals surface area contributed by atoms with E-state index in [2.05, 4.69) is 10.6 Å². The average molecular weight is 258 g/mol. The van der Waals surface area contributed by atoms with Crippen molar-refractivity contribution in [2.75, 3.05) is 13.7 Å². The van der Waals surface area contributed by atoms with E-state index in [0.29, 0.717) is 19.0 Å². The number of methoxy groups -OCH3 is 1. The van der Waals surface area contributed by atoms with Gasteiger partial charge in [-0.1, -0.05) is 34.1 Å². The minimum Gasteiger partial charge on any atom is -0.467 e. The first-order valence-corrected chi connectivity index (χ1v) is 6.52. The quantitative estimate of drug-likeness (QED) is 0.639. The Hall–Kier alpha value is -1.10. The number of hydrogen-bond acceptors (Lipinski definition) is 4. The van der Waals surface area contributed by atoms with Gasteiger partial charge in [-0.2, -0.15) is 0 Å². The Morgan fingerprint density at radius 2 is 1.83 bits per heavy atom. The van der Waals surface area contributed by atoms with Crippen LogP contribution in [-0.4, -0.2) is 37.6 Å². The summed E-state index contributed by atoms with van der Waals surface area (Å²) in [7, 11) is 1.34. The molecule has 2 unspecified atom stereocenters. The van der Waals surface area contributed by atoms with Gasteiger partial charge < -0.3 is 15.4 Å². The first-order chi connectivity index (χ1) is 8.42. The Labute approximate surface area is 110 Å². The molecule has 5 nitrogen and oxygen atoms in total. The van der Waals surface area contributed by atoms with Crippen molar-refractivity contribution in [1.82, 2.24) is 10.6 Å². The summed E-state index contributed by atoms with van der Waals surface area (Å²) in [6, 6.07) is -0.199. The van der Waals surface area contributed by atoms with Gasteiger partial charge in [0.15, 0.2) is 0 Å². The number of carbonyl (C=O) groups is 2. The summed E-state index contributed by atoms with van der Waals surface area (Å²) >= 11 is 0. The third-order valence-corrected chi connectivity index (χ3v) is 2.89. The molecule has 0 fully saturated rings. The Balaban J connectivity index is 4.23. The fourth-order valence-electron chi connectivity index (χ4n) is 1.52. The van der Waals surface area contributed by atoms with Crippen molar-refractivity contribution < 1.29 is 14.3 Å². The van der Waals surface area contributed by atoms with Gasteiger partial charge in [0, 0.05) is 19.0 Å². The first-order valence-electron chi connectivity index (χ1n) is 6.52. The molecule has 0 heterocycles. The molecule has 0 aliphatic rings. The normalized spacial score (nSPS) is 14.1. The van der Waals surface area contributed by atoms with Gasteiger partial charge in [0.05, 0.1) is 7.11 Å². The van der Waals surface area contributed by atoms with Gasteiger partial charge in [0.2, 0.25) is 5.91 Å². The van der Waals surface area contributed by atoms with Crippen LogP contribution in [0.3, 0.4) is 0 Å². The number of nitrogens with one attached hydrogen (secondary N) is 2. The van der Waals surface area contributed by atoms with Crippen molar-refractivity contribution in [3.8, 4) is 0 Å². The van der Waals surface area contributed by atoms with Gasteiger partial charge in [-0.25, -0.2) is 4.79 Å². The highest BCUT2D eigenvalue weighted by Crippen LogP contribution is 2.09. The fourth-order valence-corrected chi connectivity index (χ4v) is 1.52. The summed E-state index contributed by atoms with van der Waals surface area (Å²) in [5.41, 5.74) is 0. The minimum absolute atomic E-state index is 0.0689. The van der Waals surface area contributed by atoms with Gasteiger partial charge in [-0.05, 0) is 5.92 Å². The van der Waals surface area contributed by atoms with Crippen molar-refractivity contribution in [2.45, 2.75) is 52.6 Å². The van der Waals surface area contributed by atoms with Crippen LogP contribution in [0.4, 0.5) is 0 Å². The van der Waals surface area contributed by atoms with Crippen molar-refractivity contribution in [3.63, 3.8) is 0 Å². The molecule has 0 aliphatic carbocycles. The topological polar surface area (TPSA) is 67.4 Å². The first kappa shape index (κ1) is 16.9. The van der Waals surface area contributed by atoms with Crippen LogP contribution in [0.5, 0.6) is 0 Å². The summed E-state index contributed by atoms with van der Waals surface area (Å²) in [4.78, 5) is 23.3. The summed E-state index contributed by atoms with van der Waals surface area (Å²) in [6.07, 6.45) is 1.17. The van der Waals surface area contributed by atoms with Crippen LogP contribution in [-0.2, 0) is 14.3 Å². The van der Waals surface area contributed by atoms with Gasteiger partial charge in [-0.15, -0.1) is 0 Å². The van der Waals surface area contributed by atoms with E-state index in [-0.39, 0.29) is 17.8 Å². The second-order valence-corrected chi connectivity index (χ2v) is 4.81. The minimum atomic E-state index is -0.549. The summed E-state index contributed by atoms with van der Waals surface area (Å²) in [6.45, 7) is 8.56. The molecule has 5 heteroatoms. The summed E-state index contributed by atoms with van der Waals surface area (Å²) in [5, 5.41) is 5.90. The molecule has 18 heavy (non-hydrogen) atoms. The van der Waals surface area contributed by atoms with Crippen molar-refractivity contribution >= 4 is 11.9 Å². The highest BCUT2D eigenvalue weighted by atomic mass is 16.5. The number of rotatable bonds is 8. The molecule has 0 aromatic rings. The number of ether oxygens (including phenoxy) is 1. The zero-order valence-corrected chi connectivity index (χ0v) is 12.1. The van der Waals surface area contributed by atoms with E-state index in [1.54, 1.807) is 0 Å². The molecule has 0 rings (SSSR count). The van der Waals surface area contributed by atoms with Crippen LogP contribution in [0, 0.1) is 5.92 Å². The Morgan fingerprint density at radius 3 is 2.28 bits per heavy atom.